The molecule has 20 heavy (non-hydrogen) atoms. The van der Waals surface area contributed by atoms with Gasteiger partial charge in [-0.05, 0) is 24.5 Å². The minimum atomic E-state index is 0.440. The van der Waals surface area contributed by atoms with Gasteiger partial charge in [-0.1, -0.05) is 49.8 Å². The second-order valence-electron chi connectivity index (χ2n) is 5.71. The minimum Gasteiger partial charge on any atom is -0.326 e. The molecule has 1 aliphatic carbocycles. The number of nitrogens with zero attached hydrogens (tertiary/aromatic N) is 2. The number of hydrogen-bond acceptors (Lipinski definition) is 1. The van der Waals surface area contributed by atoms with Gasteiger partial charge in [0.1, 0.15) is 5.82 Å². The first-order chi connectivity index (χ1) is 9.79. The molecule has 2 aromatic rings. The highest BCUT2D eigenvalue weighted by atomic mass is 35.5. The lowest BCUT2D eigenvalue weighted by Gasteiger charge is -2.22. The van der Waals surface area contributed by atoms with Crippen molar-refractivity contribution in [2.24, 2.45) is 5.92 Å². The molecule has 0 spiro atoms. The fraction of sp³-hybridized carbons (Fsp3) is 0.562. The Morgan fingerprint density at radius 1 is 1.20 bits per heavy atom. The van der Waals surface area contributed by atoms with Gasteiger partial charge in [0.05, 0.1) is 21.9 Å². The van der Waals surface area contributed by atoms with E-state index in [-0.39, 0.29) is 0 Å². The maximum Gasteiger partial charge on any atom is 0.124 e. The van der Waals surface area contributed by atoms with Crippen LogP contribution in [0, 0.1) is 5.92 Å². The molecule has 1 aromatic heterocycles. The van der Waals surface area contributed by atoms with Crippen LogP contribution in [-0.2, 0) is 12.4 Å². The molecule has 0 aliphatic heterocycles. The van der Waals surface area contributed by atoms with Crippen LogP contribution in [0.2, 0.25) is 5.02 Å². The van der Waals surface area contributed by atoms with Crippen molar-refractivity contribution in [3.8, 4) is 0 Å². The van der Waals surface area contributed by atoms with Crippen molar-refractivity contribution in [1.29, 1.82) is 0 Å². The van der Waals surface area contributed by atoms with Crippen molar-refractivity contribution < 1.29 is 0 Å². The zero-order chi connectivity index (χ0) is 13.9. The quantitative estimate of drug-likeness (QED) is 0.691. The number of aromatic nitrogens is 2. The highest BCUT2D eigenvalue weighted by molar-refractivity contribution is 6.35. The molecule has 0 saturated heterocycles. The Bertz CT molecular complexity index is 585. The Morgan fingerprint density at radius 3 is 2.75 bits per heavy atom. The zero-order valence-electron chi connectivity index (χ0n) is 11.6. The van der Waals surface area contributed by atoms with Crippen LogP contribution < -0.4 is 0 Å². The first-order valence-corrected chi connectivity index (χ1v) is 8.40. The van der Waals surface area contributed by atoms with Gasteiger partial charge in [-0.25, -0.2) is 4.98 Å². The van der Waals surface area contributed by atoms with E-state index in [0.29, 0.717) is 5.88 Å². The average Bonchev–Trinajstić information content (AvgIpc) is 2.85. The molecule has 0 N–H and O–H groups in total. The Hall–Kier alpha value is -0.730. The highest BCUT2D eigenvalue weighted by Gasteiger charge is 2.16. The SMILES string of the molecule is ClCc1nc2cccc(Cl)c2n1CCC1CCCCC1. The number of rotatable bonds is 4. The van der Waals surface area contributed by atoms with Gasteiger partial charge in [-0.3, -0.25) is 0 Å². The summed E-state index contributed by atoms with van der Waals surface area (Å²) in [4.78, 5) is 4.60. The van der Waals surface area contributed by atoms with Gasteiger partial charge in [0.25, 0.3) is 0 Å². The maximum atomic E-state index is 6.35. The molecule has 0 radical (unpaired) electrons. The molecule has 2 nitrogen and oxygen atoms in total. The zero-order valence-corrected chi connectivity index (χ0v) is 13.1. The van der Waals surface area contributed by atoms with Crippen molar-refractivity contribution in [2.45, 2.75) is 50.9 Å². The van der Waals surface area contributed by atoms with Crippen LogP contribution in [-0.4, -0.2) is 9.55 Å². The Morgan fingerprint density at radius 2 is 2.00 bits per heavy atom. The van der Waals surface area contributed by atoms with Crippen molar-refractivity contribution in [3.05, 3.63) is 29.0 Å². The van der Waals surface area contributed by atoms with E-state index in [2.05, 4.69) is 9.55 Å². The predicted octanol–water partition coefficient (Wildman–Crippen LogP) is 5.40. The van der Waals surface area contributed by atoms with E-state index in [1.54, 1.807) is 0 Å². The molecule has 0 unspecified atom stereocenters. The molecule has 3 rings (SSSR count). The number of para-hydroxylation sites is 1. The number of imidazole rings is 1. The summed E-state index contributed by atoms with van der Waals surface area (Å²) >= 11 is 12.4. The number of alkyl halides is 1. The average molecular weight is 311 g/mol. The number of aryl methyl sites for hydroxylation is 1. The van der Waals surface area contributed by atoms with Crippen LogP contribution in [0.1, 0.15) is 44.3 Å². The summed E-state index contributed by atoms with van der Waals surface area (Å²) in [5.74, 6) is 2.23. The van der Waals surface area contributed by atoms with Crippen LogP contribution in [0.5, 0.6) is 0 Å². The van der Waals surface area contributed by atoms with Crippen LogP contribution in [0.3, 0.4) is 0 Å². The molecule has 0 bridgehead atoms. The molecule has 1 fully saturated rings. The predicted molar refractivity (Wildman–Crippen MR) is 85.5 cm³/mol. The molecule has 1 saturated carbocycles. The van der Waals surface area contributed by atoms with E-state index in [9.17, 15) is 0 Å². The van der Waals surface area contributed by atoms with E-state index >= 15 is 0 Å². The lowest BCUT2D eigenvalue weighted by atomic mass is 9.87. The van der Waals surface area contributed by atoms with Crippen molar-refractivity contribution in [3.63, 3.8) is 0 Å². The molecule has 4 heteroatoms. The number of fused-ring (bicyclic) bond motifs is 1. The van der Waals surface area contributed by atoms with E-state index in [4.69, 9.17) is 23.2 Å². The number of halogens is 2. The van der Waals surface area contributed by atoms with Gasteiger partial charge in [-0.15, -0.1) is 11.6 Å². The molecule has 0 atom stereocenters. The standard InChI is InChI=1S/C16H20Cl2N2/c17-11-15-19-14-8-4-7-13(18)16(14)20(15)10-9-12-5-2-1-3-6-12/h4,7-8,12H,1-3,5-6,9-11H2. The van der Waals surface area contributed by atoms with Gasteiger partial charge in [-0.2, -0.15) is 0 Å². The van der Waals surface area contributed by atoms with Crippen LogP contribution in [0.25, 0.3) is 11.0 Å². The lowest BCUT2D eigenvalue weighted by molar-refractivity contribution is 0.324. The molecule has 108 valence electrons. The summed E-state index contributed by atoms with van der Waals surface area (Å²) in [6.07, 6.45) is 8.13. The third kappa shape index (κ3) is 2.82. The molecule has 1 aromatic carbocycles. The summed E-state index contributed by atoms with van der Waals surface area (Å²) in [6, 6.07) is 5.89. The first-order valence-electron chi connectivity index (χ1n) is 7.49. The highest BCUT2D eigenvalue weighted by Crippen LogP contribution is 2.29. The molecular formula is C16H20Cl2N2. The van der Waals surface area contributed by atoms with Crippen LogP contribution in [0.15, 0.2) is 18.2 Å². The molecular weight excluding hydrogens is 291 g/mol. The second kappa shape index (κ2) is 6.36. The summed E-state index contributed by atoms with van der Waals surface area (Å²) in [5, 5.41) is 0.773. The number of hydrogen-bond donors (Lipinski definition) is 0. The van der Waals surface area contributed by atoms with E-state index < -0.39 is 0 Å². The van der Waals surface area contributed by atoms with Crippen molar-refractivity contribution in [1.82, 2.24) is 9.55 Å². The van der Waals surface area contributed by atoms with Crippen LogP contribution in [0.4, 0.5) is 0 Å². The Labute approximate surface area is 130 Å². The molecule has 1 heterocycles. The topological polar surface area (TPSA) is 17.8 Å². The third-order valence-electron chi connectivity index (χ3n) is 4.40. The van der Waals surface area contributed by atoms with E-state index in [0.717, 1.165) is 34.3 Å². The van der Waals surface area contributed by atoms with Gasteiger partial charge >= 0.3 is 0 Å². The monoisotopic (exact) mass is 310 g/mol. The van der Waals surface area contributed by atoms with E-state index in [1.807, 2.05) is 18.2 Å². The van der Waals surface area contributed by atoms with Gasteiger partial charge < -0.3 is 4.57 Å². The largest absolute Gasteiger partial charge is 0.326 e. The first kappa shape index (κ1) is 14.2. The van der Waals surface area contributed by atoms with Crippen LogP contribution >= 0.6 is 23.2 Å². The summed E-state index contributed by atoms with van der Waals surface area (Å²) in [5.41, 5.74) is 2.00. The van der Waals surface area contributed by atoms with Crippen molar-refractivity contribution >= 4 is 34.2 Å². The Balaban J connectivity index is 1.85. The summed E-state index contributed by atoms with van der Waals surface area (Å²) in [6.45, 7) is 0.979. The fourth-order valence-electron chi connectivity index (χ4n) is 3.32. The summed E-state index contributed by atoms with van der Waals surface area (Å²) in [7, 11) is 0. The van der Waals surface area contributed by atoms with Gasteiger partial charge in [0, 0.05) is 6.54 Å². The second-order valence-corrected chi connectivity index (χ2v) is 6.39. The smallest absolute Gasteiger partial charge is 0.124 e. The maximum absolute atomic E-state index is 6.35. The number of benzene rings is 1. The lowest BCUT2D eigenvalue weighted by Crippen LogP contribution is -2.11. The normalized spacial score (nSPS) is 16.9. The minimum absolute atomic E-state index is 0.440. The summed E-state index contributed by atoms with van der Waals surface area (Å²) < 4.78 is 2.22. The fourth-order valence-corrected chi connectivity index (χ4v) is 3.80. The van der Waals surface area contributed by atoms with E-state index in [1.165, 1.54) is 38.5 Å². The third-order valence-corrected chi connectivity index (χ3v) is 4.95. The van der Waals surface area contributed by atoms with Gasteiger partial charge in [0.2, 0.25) is 0 Å². The Kier molecular flexibility index (Phi) is 4.52. The molecule has 1 aliphatic rings. The molecule has 0 amide bonds. The van der Waals surface area contributed by atoms with Crippen molar-refractivity contribution in [2.75, 3.05) is 0 Å². The van der Waals surface area contributed by atoms with Gasteiger partial charge in [0.15, 0.2) is 0 Å².